The lowest BCUT2D eigenvalue weighted by molar-refractivity contribution is -0.167. The number of carbonyl (C=O) groups excluding carboxylic acids is 3. The highest BCUT2D eigenvalue weighted by atomic mass is 16.6. The van der Waals surface area contributed by atoms with Gasteiger partial charge in [-0.1, -0.05) is 251 Å². The molecule has 6 heteroatoms. The molecule has 0 aromatic rings. The van der Waals surface area contributed by atoms with Crippen LogP contribution >= 0.6 is 0 Å². The summed E-state index contributed by atoms with van der Waals surface area (Å²) >= 11 is 0. The third-order valence-electron chi connectivity index (χ3n) is 12.9. The highest BCUT2D eigenvalue weighted by Crippen LogP contribution is 2.17. The number of ether oxygens (including phenoxy) is 3. The zero-order valence-corrected chi connectivity index (χ0v) is 43.8. The Morgan fingerprint density at radius 1 is 0.292 bits per heavy atom. The third-order valence-corrected chi connectivity index (χ3v) is 12.9. The zero-order valence-electron chi connectivity index (χ0n) is 43.8. The highest BCUT2D eigenvalue weighted by molar-refractivity contribution is 5.71. The molecular formula is C59H110O6. The van der Waals surface area contributed by atoms with Crippen LogP contribution in [0.25, 0.3) is 0 Å². The first-order valence-corrected chi connectivity index (χ1v) is 28.8. The van der Waals surface area contributed by atoms with Gasteiger partial charge in [-0.15, -0.1) is 0 Å². The molecule has 1 unspecified atom stereocenters. The Morgan fingerprint density at radius 3 is 0.800 bits per heavy atom. The van der Waals surface area contributed by atoms with Gasteiger partial charge in [-0.2, -0.15) is 0 Å². The summed E-state index contributed by atoms with van der Waals surface area (Å²) in [5.74, 6) is -0.871. The first-order chi connectivity index (χ1) is 32.0. The monoisotopic (exact) mass is 915 g/mol. The van der Waals surface area contributed by atoms with E-state index in [0.29, 0.717) is 19.3 Å². The van der Waals surface area contributed by atoms with Crippen molar-refractivity contribution in [2.45, 2.75) is 322 Å². The van der Waals surface area contributed by atoms with Gasteiger partial charge in [0.1, 0.15) is 13.2 Å². The number of rotatable bonds is 53. The van der Waals surface area contributed by atoms with Gasteiger partial charge in [0.05, 0.1) is 0 Å². The van der Waals surface area contributed by atoms with E-state index in [1.165, 1.54) is 205 Å². The van der Waals surface area contributed by atoms with E-state index in [-0.39, 0.29) is 31.1 Å². The molecule has 65 heavy (non-hydrogen) atoms. The number of hydrogen-bond donors (Lipinski definition) is 0. The van der Waals surface area contributed by atoms with E-state index in [1.807, 2.05) is 0 Å². The van der Waals surface area contributed by atoms with Crippen molar-refractivity contribution >= 4 is 17.9 Å². The summed E-state index contributed by atoms with van der Waals surface area (Å²) in [6.07, 6.45) is 63.1. The quantitative estimate of drug-likeness (QED) is 0.0262. The summed E-state index contributed by atoms with van der Waals surface area (Å²) < 4.78 is 16.9. The predicted octanol–water partition coefficient (Wildman–Crippen LogP) is 19.1. The van der Waals surface area contributed by atoms with Crippen LogP contribution in [0.4, 0.5) is 0 Å². The van der Waals surface area contributed by atoms with Gasteiger partial charge in [-0.05, 0) is 70.6 Å². The van der Waals surface area contributed by atoms with Crippen molar-refractivity contribution in [1.29, 1.82) is 0 Å². The van der Waals surface area contributed by atoms with Gasteiger partial charge < -0.3 is 14.2 Å². The number of esters is 3. The Balaban J connectivity index is 4.32. The Labute approximate surface area is 404 Å². The zero-order chi connectivity index (χ0) is 47.2. The lowest BCUT2D eigenvalue weighted by Crippen LogP contribution is -2.30. The fourth-order valence-corrected chi connectivity index (χ4v) is 8.55. The van der Waals surface area contributed by atoms with Crippen LogP contribution in [0.3, 0.4) is 0 Å². The van der Waals surface area contributed by atoms with Crippen LogP contribution < -0.4 is 0 Å². The summed E-state index contributed by atoms with van der Waals surface area (Å²) in [5.41, 5.74) is 0. The molecule has 0 bridgehead atoms. The van der Waals surface area contributed by atoms with Gasteiger partial charge in [-0.3, -0.25) is 14.4 Å². The number of unbranched alkanes of at least 4 members (excludes halogenated alkanes) is 38. The second-order valence-corrected chi connectivity index (χ2v) is 19.6. The van der Waals surface area contributed by atoms with E-state index < -0.39 is 6.10 Å². The molecule has 0 spiro atoms. The SMILES string of the molecule is CCCCC/C=C\CCCCCCCC(=O)OCC(COC(=O)CCCCCCC/C=C\CCCCCCCCCCC)OC(=O)CCCCCCCCCCCCCCCCCCC. The van der Waals surface area contributed by atoms with Gasteiger partial charge in [-0.25, -0.2) is 0 Å². The Kier molecular flexibility index (Phi) is 52.7. The molecule has 0 saturated carbocycles. The topological polar surface area (TPSA) is 78.9 Å². The molecule has 0 heterocycles. The molecule has 6 nitrogen and oxygen atoms in total. The van der Waals surface area contributed by atoms with Crippen LogP contribution in [-0.4, -0.2) is 37.2 Å². The van der Waals surface area contributed by atoms with Gasteiger partial charge in [0.25, 0.3) is 0 Å². The third kappa shape index (κ3) is 52.7. The molecule has 1 atom stereocenters. The molecule has 382 valence electrons. The van der Waals surface area contributed by atoms with Crippen molar-refractivity contribution in [3.63, 3.8) is 0 Å². The average Bonchev–Trinajstić information content (AvgIpc) is 3.30. The lowest BCUT2D eigenvalue weighted by Gasteiger charge is -2.18. The van der Waals surface area contributed by atoms with Crippen LogP contribution in [-0.2, 0) is 28.6 Å². The van der Waals surface area contributed by atoms with Crippen molar-refractivity contribution in [2.24, 2.45) is 0 Å². The Hall–Kier alpha value is -2.11. The van der Waals surface area contributed by atoms with E-state index in [9.17, 15) is 14.4 Å². The lowest BCUT2D eigenvalue weighted by atomic mass is 10.0. The van der Waals surface area contributed by atoms with Crippen LogP contribution in [0.15, 0.2) is 24.3 Å². The summed E-state index contributed by atoms with van der Waals surface area (Å²) in [5, 5.41) is 0. The van der Waals surface area contributed by atoms with Crippen LogP contribution in [0.2, 0.25) is 0 Å². The average molecular weight is 916 g/mol. The highest BCUT2D eigenvalue weighted by Gasteiger charge is 2.19. The van der Waals surface area contributed by atoms with Crippen molar-refractivity contribution < 1.29 is 28.6 Å². The molecule has 0 aliphatic carbocycles. The van der Waals surface area contributed by atoms with Gasteiger partial charge in [0.15, 0.2) is 6.10 Å². The standard InChI is InChI=1S/C59H110O6/c1-4-7-10-13-16-19-22-25-27-29-31-32-34-37-40-43-46-49-52-58(61)64-55-56(54-63-57(60)51-48-45-42-39-36-24-21-18-15-12-9-6-3)65-59(62)53-50-47-44-41-38-35-33-30-28-26-23-20-17-14-11-8-5-2/h18,21,31-32,56H,4-17,19-20,22-30,33-55H2,1-3H3/b21-18-,32-31-. The van der Waals surface area contributed by atoms with E-state index in [4.69, 9.17) is 14.2 Å². The molecule has 0 amide bonds. The Morgan fingerprint density at radius 2 is 0.508 bits per heavy atom. The summed E-state index contributed by atoms with van der Waals surface area (Å²) in [4.78, 5) is 38.1. The fourth-order valence-electron chi connectivity index (χ4n) is 8.55. The van der Waals surface area contributed by atoms with Crippen molar-refractivity contribution in [2.75, 3.05) is 13.2 Å². The molecule has 0 fully saturated rings. The van der Waals surface area contributed by atoms with E-state index in [0.717, 1.165) is 70.6 Å². The predicted molar refractivity (Wildman–Crippen MR) is 279 cm³/mol. The largest absolute Gasteiger partial charge is 0.462 e. The molecule has 0 aromatic carbocycles. The number of allylic oxidation sites excluding steroid dienone is 4. The molecule has 0 aliphatic rings. The molecule has 0 aromatic heterocycles. The van der Waals surface area contributed by atoms with Crippen molar-refractivity contribution in [3.8, 4) is 0 Å². The van der Waals surface area contributed by atoms with Crippen molar-refractivity contribution in [1.82, 2.24) is 0 Å². The summed E-state index contributed by atoms with van der Waals surface area (Å²) in [6, 6.07) is 0. The molecule has 0 rings (SSSR count). The smallest absolute Gasteiger partial charge is 0.306 e. The summed E-state index contributed by atoms with van der Waals surface area (Å²) in [6.45, 7) is 6.65. The molecule has 0 radical (unpaired) electrons. The maximum absolute atomic E-state index is 12.8. The maximum Gasteiger partial charge on any atom is 0.306 e. The van der Waals surface area contributed by atoms with Crippen molar-refractivity contribution in [3.05, 3.63) is 24.3 Å². The summed E-state index contributed by atoms with van der Waals surface area (Å²) in [7, 11) is 0. The van der Waals surface area contributed by atoms with Crippen LogP contribution in [0, 0.1) is 0 Å². The van der Waals surface area contributed by atoms with Gasteiger partial charge in [0, 0.05) is 19.3 Å². The minimum atomic E-state index is -0.774. The maximum atomic E-state index is 12.8. The first-order valence-electron chi connectivity index (χ1n) is 28.8. The fraction of sp³-hybridized carbons (Fsp3) is 0.881. The van der Waals surface area contributed by atoms with Crippen LogP contribution in [0.1, 0.15) is 316 Å². The van der Waals surface area contributed by atoms with Gasteiger partial charge >= 0.3 is 17.9 Å². The minimum absolute atomic E-state index is 0.0741. The molecule has 0 aliphatic heterocycles. The first kappa shape index (κ1) is 62.9. The second kappa shape index (κ2) is 54.5. The van der Waals surface area contributed by atoms with E-state index in [1.54, 1.807) is 0 Å². The normalized spacial score (nSPS) is 12.1. The second-order valence-electron chi connectivity index (χ2n) is 19.6. The molecular weight excluding hydrogens is 805 g/mol. The number of hydrogen-bond acceptors (Lipinski definition) is 6. The van der Waals surface area contributed by atoms with E-state index in [2.05, 4.69) is 45.1 Å². The van der Waals surface area contributed by atoms with E-state index >= 15 is 0 Å². The molecule has 0 N–H and O–H groups in total. The van der Waals surface area contributed by atoms with Crippen LogP contribution in [0.5, 0.6) is 0 Å². The minimum Gasteiger partial charge on any atom is -0.462 e. The molecule has 0 saturated heterocycles. The van der Waals surface area contributed by atoms with Gasteiger partial charge in [0.2, 0.25) is 0 Å². The Bertz CT molecular complexity index is 1050. The number of carbonyl (C=O) groups is 3.